The van der Waals surface area contributed by atoms with Gasteiger partial charge in [-0.05, 0) is 81.8 Å². The normalized spacial score (nSPS) is 47.2. The maximum absolute atomic E-state index is 14.6. The van der Waals surface area contributed by atoms with Gasteiger partial charge in [-0.1, -0.05) is 27.7 Å². The fourth-order valence-electron chi connectivity index (χ4n) is 9.70. The first-order chi connectivity index (χ1) is 27.4. The predicted octanol–water partition coefficient (Wildman–Crippen LogP) is 3.35. The van der Waals surface area contributed by atoms with E-state index in [0.717, 1.165) is 0 Å². The molecule has 1 amide bonds. The van der Waals surface area contributed by atoms with Crippen LogP contribution < -0.4 is 5.32 Å². The largest absolute Gasteiger partial charge is 0.459 e. The Labute approximate surface area is 351 Å². The average molecular weight is 845 g/mol. The molecular formula is C43H76N2O14. The Kier molecular flexibility index (Phi) is 16.9. The number of aliphatic hydroxyl groups is 2. The zero-order valence-corrected chi connectivity index (χ0v) is 38.2. The van der Waals surface area contributed by atoms with E-state index in [1.807, 2.05) is 67.5 Å². The van der Waals surface area contributed by atoms with E-state index in [-0.39, 0.29) is 56.4 Å². The van der Waals surface area contributed by atoms with Gasteiger partial charge < -0.3 is 63.1 Å². The minimum atomic E-state index is -1.74. The Morgan fingerprint density at radius 3 is 2.22 bits per heavy atom. The second kappa shape index (κ2) is 20.0. The molecule has 5 aliphatic heterocycles. The number of nitrogens with zero attached hydrogens (tertiary/aromatic N) is 1. The third-order valence-corrected chi connectivity index (χ3v) is 13.2. The van der Waals surface area contributed by atoms with Crippen molar-refractivity contribution in [3.8, 4) is 0 Å². The van der Waals surface area contributed by atoms with Crippen molar-refractivity contribution < 1.29 is 67.2 Å². The van der Waals surface area contributed by atoms with E-state index in [9.17, 15) is 24.6 Å². The van der Waals surface area contributed by atoms with Crippen LogP contribution in [0.15, 0.2) is 0 Å². The maximum Gasteiger partial charge on any atom is 0.311 e. The number of nitrogens with one attached hydrogen (secondary N) is 1. The lowest BCUT2D eigenvalue weighted by Gasteiger charge is -2.50. The van der Waals surface area contributed by atoms with Crippen molar-refractivity contribution in [3.63, 3.8) is 0 Å². The molecule has 16 nitrogen and oxygen atoms in total. The fraction of sp³-hybridized carbons (Fsp3) is 0.930. The highest BCUT2D eigenvalue weighted by Crippen LogP contribution is 2.42. The zero-order chi connectivity index (χ0) is 44.4. The third kappa shape index (κ3) is 11.3. The van der Waals surface area contributed by atoms with Crippen molar-refractivity contribution in [2.75, 3.05) is 34.4 Å². The van der Waals surface area contributed by atoms with Crippen LogP contribution >= 0.6 is 0 Å². The van der Waals surface area contributed by atoms with Gasteiger partial charge in [0.15, 0.2) is 18.7 Å². The number of ether oxygens (including phenoxy) is 9. The van der Waals surface area contributed by atoms with Crippen LogP contribution in [-0.4, -0.2) is 158 Å². The van der Waals surface area contributed by atoms with Crippen molar-refractivity contribution in [2.45, 2.75) is 199 Å². The molecule has 0 saturated carbocycles. The van der Waals surface area contributed by atoms with Crippen molar-refractivity contribution in [1.82, 2.24) is 10.2 Å². The van der Waals surface area contributed by atoms with Crippen LogP contribution in [0.3, 0.4) is 0 Å². The number of fused-ring (bicyclic) bond motifs is 15. The van der Waals surface area contributed by atoms with E-state index in [1.165, 1.54) is 14.0 Å². The van der Waals surface area contributed by atoms with Gasteiger partial charge in [0.25, 0.3) is 0 Å². The summed E-state index contributed by atoms with van der Waals surface area (Å²) in [6.07, 6.45) is -7.77. The Bertz CT molecular complexity index is 1420. The Morgan fingerprint density at radius 2 is 1.63 bits per heavy atom. The Hall–Kier alpha value is -1.99. The standard InChI is InChI=1S/C43H76N2O14/c1-16-31-43(12,50)36-27(7)44-38(48)23(3)18-42(11,53-21-22(2)20-52-36)35(59-40-33(47)30(45(13)14)17-24(4)54-40)25(5)34(26(6)39(49)57-31)58-32-19-41(10,51-15)37(28(8)55-32)56-29(9)46/h22-28,30-37,40,47,50H,16-21H2,1-15H3,(H,44,48)/t22?,23-,24-,25+,26?,27-,28+,30+,31-,32+,33-,34?,35-,36+,37+,40+,41-,42-,43-/m1/s1. The predicted molar refractivity (Wildman–Crippen MR) is 216 cm³/mol. The van der Waals surface area contributed by atoms with Gasteiger partial charge >= 0.3 is 11.9 Å². The Morgan fingerprint density at radius 1 is 0.966 bits per heavy atom. The fourth-order valence-corrected chi connectivity index (χ4v) is 9.70. The van der Waals surface area contributed by atoms with E-state index >= 15 is 0 Å². The van der Waals surface area contributed by atoms with Crippen molar-refractivity contribution in [2.24, 2.45) is 23.7 Å². The first kappa shape index (κ1) is 49.7. The average Bonchev–Trinajstić information content (AvgIpc) is 3.15. The molecule has 16 heteroatoms. The van der Waals surface area contributed by atoms with E-state index in [4.69, 9.17) is 42.6 Å². The molecule has 0 aliphatic carbocycles. The minimum absolute atomic E-state index is 0.125. The summed E-state index contributed by atoms with van der Waals surface area (Å²) in [5.74, 6) is -4.00. The lowest BCUT2D eigenvalue weighted by molar-refractivity contribution is -0.321. The molecule has 342 valence electrons. The molecular weight excluding hydrogens is 768 g/mol. The van der Waals surface area contributed by atoms with Gasteiger partial charge in [0.1, 0.15) is 29.5 Å². The maximum atomic E-state index is 14.6. The van der Waals surface area contributed by atoms with Crippen LogP contribution in [0, 0.1) is 23.7 Å². The molecule has 0 radical (unpaired) electrons. The first-order valence-electron chi connectivity index (χ1n) is 21.6. The van der Waals surface area contributed by atoms with Crippen molar-refractivity contribution >= 4 is 17.8 Å². The van der Waals surface area contributed by atoms with Gasteiger partial charge in [0.2, 0.25) is 5.91 Å². The molecule has 19 atom stereocenters. The van der Waals surface area contributed by atoms with Gasteiger partial charge in [-0.2, -0.15) is 0 Å². The molecule has 2 bridgehead atoms. The topological polar surface area (TPSA) is 190 Å². The number of carbonyl (C=O) groups is 3. The monoisotopic (exact) mass is 845 g/mol. The SMILES string of the molecule is CC[C@H]1OC(=O)C(C)C(O[C@H]2C[C@@](C)(OC)[C@@H](OC(C)=O)[C@H](C)O2)[C@H](C)[C@@H](O[C@@H]2O[C@H](C)C[C@H](N(C)C)[C@H]2O)[C@@]2(C)C[C@@H](C)C(=O)N[C@H](C)[C@H](OCC(C)CO2)[C@]1(C)O. The van der Waals surface area contributed by atoms with Crippen LogP contribution in [0.5, 0.6) is 0 Å². The van der Waals surface area contributed by atoms with Crippen LogP contribution in [-0.2, 0) is 57.0 Å². The molecule has 0 aromatic rings. The number of methoxy groups -OCH3 is 1. The lowest BCUT2D eigenvalue weighted by atomic mass is 9.77. The summed E-state index contributed by atoms with van der Waals surface area (Å²) in [7, 11) is 5.32. The molecule has 3 N–H and O–H groups in total. The van der Waals surface area contributed by atoms with Crippen molar-refractivity contribution in [3.05, 3.63) is 0 Å². The van der Waals surface area contributed by atoms with Crippen molar-refractivity contribution in [1.29, 1.82) is 0 Å². The van der Waals surface area contributed by atoms with E-state index in [0.29, 0.717) is 6.42 Å². The summed E-state index contributed by atoms with van der Waals surface area (Å²) < 4.78 is 58.0. The molecule has 5 saturated heterocycles. The number of likely N-dealkylation sites (N-methyl/N-ethyl adjacent to an activating group) is 1. The molecule has 5 fully saturated rings. The highest BCUT2D eigenvalue weighted by atomic mass is 16.7. The lowest BCUT2D eigenvalue weighted by Crippen LogP contribution is -2.61. The van der Waals surface area contributed by atoms with Gasteiger partial charge in [-0.15, -0.1) is 0 Å². The summed E-state index contributed by atoms with van der Waals surface area (Å²) in [5, 5.41) is 27.2. The number of aliphatic hydroxyl groups excluding tert-OH is 1. The molecule has 3 unspecified atom stereocenters. The number of carbonyl (C=O) groups excluding carboxylic acids is 3. The zero-order valence-electron chi connectivity index (χ0n) is 38.2. The van der Waals surface area contributed by atoms with Crippen LogP contribution in [0.1, 0.15) is 109 Å². The number of esters is 2. The number of hydrogen-bond donors (Lipinski definition) is 3. The highest BCUT2D eigenvalue weighted by molar-refractivity contribution is 5.78. The minimum Gasteiger partial charge on any atom is -0.459 e. The molecule has 5 heterocycles. The highest BCUT2D eigenvalue weighted by Gasteiger charge is 2.55. The van der Waals surface area contributed by atoms with Gasteiger partial charge in [-0.3, -0.25) is 14.4 Å². The second-order valence-corrected chi connectivity index (χ2v) is 18.8. The molecule has 0 spiro atoms. The molecule has 0 aromatic heterocycles. The van der Waals surface area contributed by atoms with E-state index in [1.54, 1.807) is 27.7 Å². The summed E-state index contributed by atoms with van der Waals surface area (Å²) in [5.41, 5.74) is -4.03. The summed E-state index contributed by atoms with van der Waals surface area (Å²) in [4.78, 5) is 42.8. The van der Waals surface area contributed by atoms with Gasteiger partial charge in [0.05, 0.1) is 55.2 Å². The number of rotatable bonds is 8. The molecule has 5 rings (SSSR count). The van der Waals surface area contributed by atoms with Crippen LogP contribution in [0.25, 0.3) is 0 Å². The first-order valence-corrected chi connectivity index (χ1v) is 21.6. The molecule has 5 aliphatic rings. The van der Waals surface area contributed by atoms with Gasteiger partial charge in [0, 0.05) is 44.2 Å². The number of hydrogen-bond acceptors (Lipinski definition) is 15. The van der Waals surface area contributed by atoms with E-state index < -0.39 is 108 Å². The number of amides is 1. The second-order valence-electron chi connectivity index (χ2n) is 18.8. The smallest absolute Gasteiger partial charge is 0.311 e. The third-order valence-electron chi connectivity index (χ3n) is 13.2. The van der Waals surface area contributed by atoms with Gasteiger partial charge in [-0.25, -0.2) is 0 Å². The van der Waals surface area contributed by atoms with E-state index in [2.05, 4.69) is 5.32 Å². The summed E-state index contributed by atoms with van der Waals surface area (Å²) in [6, 6.07) is -0.973. The van der Waals surface area contributed by atoms with Crippen LogP contribution in [0.4, 0.5) is 0 Å². The summed E-state index contributed by atoms with van der Waals surface area (Å²) >= 11 is 0. The quantitative estimate of drug-likeness (QED) is 0.302. The van der Waals surface area contributed by atoms with Crippen LogP contribution in [0.2, 0.25) is 0 Å². The molecule has 59 heavy (non-hydrogen) atoms. The summed E-state index contributed by atoms with van der Waals surface area (Å²) in [6.45, 7) is 21.6. The molecule has 0 aromatic carbocycles. The Balaban J connectivity index is 1.93.